The zero-order valence-corrected chi connectivity index (χ0v) is 14.5. The van der Waals surface area contributed by atoms with E-state index in [1.165, 1.54) is 17.5 Å². The van der Waals surface area contributed by atoms with Gasteiger partial charge in [0.15, 0.2) is 0 Å². The predicted octanol–water partition coefficient (Wildman–Crippen LogP) is 2.81. The second-order valence-corrected chi connectivity index (χ2v) is 6.76. The minimum Gasteiger partial charge on any atom is -0.361 e. The number of pyridine rings is 1. The van der Waals surface area contributed by atoms with Gasteiger partial charge in [0.05, 0.1) is 5.69 Å². The normalized spacial score (nSPS) is 22.1. The van der Waals surface area contributed by atoms with Crippen molar-refractivity contribution in [3.8, 4) is 0 Å². The molecule has 1 saturated heterocycles. The highest BCUT2D eigenvalue weighted by molar-refractivity contribution is 5.21. The van der Waals surface area contributed by atoms with Crippen LogP contribution >= 0.6 is 0 Å². The predicted molar refractivity (Wildman–Crippen MR) is 90.0 cm³/mol. The molecule has 3 rings (SSSR count). The standard InChI is InChI=1S/C18H26N4O/c1-13-17(14(2)23-20-13)12-21(3)11-16-7-9-22(4)18(16)15-6-5-8-19-10-15/h5-6,8,10,16,18H,7,9,11-12H2,1-4H3/t16-,18-/m0/s1. The van der Waals surface area contributed by atoms with Gasteiger partial charge in [-0.15, -0.1) is 0 Å². The van der Waals surface area contributed by atoms with E-state index in [1.807, 2.05) is 32.3 Å². The summed E-state index contributed by atoms with van der Waals surface area (Å²) in [6.07, 6.45) is 5.08. The molecule has 5 heteroatoms. The highest BCUT2D eigenvalue weighted by Crippen LogP contribution is 2.36. The second-order valence-electron chi connectivity index (χ2n) is 6.76. The van der Waals surface area contributed by atoms with Gasteiger partial charge in [-0.25, -0.2) is 0 Å². The number of likely N-dealkylation sites (tertiary alicyclic amines) is 1. The van der Waals surface area contributed by atoms with Crippen LogP contribution in [0.1, 0.15) is 35.0 Å². The van der Waals surface area contributed by atoms with Crippen molar-refractivity contribution >= 4 is 0 Å². The fourth-order valence-corrected chi connectivity index (χ4v) is 3.76. The van der Waals surface area contributed by atoms with Crippen LogP contribution in [0.25, 0.3) is 0 Å². The van der Waals surface area contributed by atoms with E-state index in [-0.39, 0.29) is 0 Å². The van der Waals surface area contributed by atoms with Crippen molar-refractivity contribution in [3.05, 3.63) is 47.1 Å². The van der Waals surface area contributed by atoms with E-state index in [0.717, 1.165) is 31.1 Å². The van der Waals surface area contributed by atoms with Gasteiger partial charge in [0.1, 0.15) is 5.76 Å². The van der Waals surface area contributed by atoms with Crippen molar-refractivity contribution in [2.75, 3.05) is 27.2 Å². The number of aryl methyl sites for hydroxylation is 2. The molecule has 0 unspecified atom stereocenters. The fourth-order valence-electron chi connectivity index (χ4n) is 3.76. The lowest BCUT2D eigenvalue weighted by atomic mass is 9.94. The molecule has 2 aromatic rings. The Morgan fingerprint density at radius 2 is 2.22 bits per heavy atom. The SMILES string of the molecule is Cc1noc(C)c1CN(C)C[C@@H]1CCN(C)[C@H]1c1cccnc1. The molecule has 2 aromatic heterocycles. The summed E-state index contributed by atoms with van der Waals surface area (Å²) >= 11 is 0. The van der Waals surface area contributed by atoms with Crippen molar-refractivity contribution in [2.45, 2.75) is 32.9 Å². The van der Waals surface area contributed by atoms with Crippen LogP contribution in [-0.2, 0) is 6.54 Å². The van der Waals surface area contributed by atoms with Gasteiger partial charge in [-0.1, -0.05) is 11.2 Å². The molecule has 2 atom stereocenters. The highest BCUT2D eigenvalue weighted by Gasteiger charge is 2.33. The monoisotopic (exact) mass is 314 g/mol. The summed E-state index contributed by atoms with van der Waals surface area (Å²) in [7, 11) is 4.40. The molecule has 1 fully saturated rings. The van der Waals surface area contributed by atoms with Crippen LogP contribution in [0.5, 0.6) is 0 Å². The van der Waals surface area contributed by atoms with Crippen LogP contribution in [0.2, 0.25) is 0 Å². The summed E-state index contributed by atoms with van der Waals surface area (Å²) in [5, 5.41) is 4.06. The average Bonchev–Trinajstić information content (AvgIpc) is 3.05. The van der Waals surface area contributed by atoms with Gasteiger partial charge >= 0.3 is 0 Å². The molecule has 1 aliphatic heterocycles. The zero-order chi connectivity index (χ0) is 16.4. The van der Waals surface area contributed by atoms with Gasteiger partial charge in [0, 0.05) is 37.1 Å². The number of rotatable bonds is 5. The van der Waals surface area contributed by atoms with Gasteiger partial charge < -0.3 is 9.42 Å². The smallest absolute Gasteiger partial charge is 0.138 e. The minimum atomic E-state index is 0.454. The Bertz CT molecular complexity index is 620. The summed E-state index contributed by atoms with van der Waals surface area (Å²) in [6, 6.07) is 4.68. The maximum atomic E-state index is 5.28. The molecular formula is C18H26N4O. The number of hydrogen-bond acceptors (Lipinski definition) is 5. The molecule has 0 amide bonds. The van der Waals surface area contributed by atoms with Gasteiger partial charge in [-0.05, 0) is 58.5 Å². The lowest BCUT2D eigenvalue weighted by Gasteiger charge is -2.28. The highest BCUT2D eigenvalue weighted by atomic mass is 16.5. The maximum Gasteiger partial charge on any atom is 0.138 e. The van der Waals surface area contributed by atoms with Crippen molar-refractivity contribution in [2.24, 2.45) is 5.92 Å². The average molecular weight is 314 g/mol. The topological polar surface area (TPSA) is 45.4 Å². The molecule has 0 aromatic carbocycles. The number of nitrogens with zero attached hydrogens (tertiary/aromatic N) is 4. The van der Waals surface area contributed by atoms with Gasteiger partial charge in [0.2, 0.25) is 0 Å². The van der Waals surface area contributed by atoms with E-state index in [1.54, 1.807) is 0 Å². The van der Waals surface area contributed by atoms with Crippen LogP contribution in [0, 0.1) is 19.8 Å². The Morgan fingerprint density at radius 1 is 1.39 bits per heavy atom. The number of aromatic nitrogens is 2. The van der Waals surface area contributed by atoms with E-state index in [2.05, 4.69) is 40.1 Å². The van der Waals surface area contributed by atoms with Crippen LogP contribution in [-0.4, -0.2) is 47.1 Å². The fraction of sp³-hybridized carbons (Fsp3) is 0.556. The van der Waals surface area contributed by atoms with E-state index in [4.69, 9.17) is 4.52 Å². The van der Waals surface area contributed by atoms with Gasteiger partial charge in [-0.2, -0.15) is 0 Å². The van der Waals surface area contributed by atoms with Crippen LogP contribution in [0.3, 0.4) is 0 Å². The van der Waals surface area contributed by atoms with Crippen LogP contribution in [0.4, 0.5) is 0 Å². The zero-order valence-electron chi connectivity index (χ0n) is 14.5. The van der Waals surface area contributed by atoms with Gasteiger partial charge in [-0.3, -0.25) is 9.88 Å². The van der Waals surface area contributed by atoms with E-state index >= 15 is 0 Å². The van der Waals surface area contributed by atoms with Crippen LogP contribution < -0.4 is 0 Å². The molecule has 0 saturated carbocycles. The first-order valence-corrected chi connectivity index (χ1v) is 8.26. The molecule has 0 radical (unpaired) electrons. The van der Waals surface area contributed by atoms with Gasteiger partial charge in [0.25, 0.3) is 0 Å². The summed E-state index contributed by atoms with van der Waals surface area (Å²) in [4.78, 5) is 9.14. The third-order valence-electron chi connectivity index (χ3n) is 4.96. The largest absolute Gasteiger partial charge is 0.361 e. The number of hydrogen-bond donors (Lipinski definition) is 0. The molecule has 5 nitrogen and oxygen atoms in total. The summed E-state index contributed by atoms with van der Waals surface area (Å²) in [5.41, 5.74) is 3.54. The summed E-state index contributed by atoms with van der Waals surface area (Å²) < 4.78 is 5.28. The molecule has 0 spiro atoms. The summed E-state index contributed by atoms with van der Waals surface area (Å²) in [6.45, 7) is 7.10. The molecule has 0 N–H and O–H groups in total. The first-order chi connectivity index (χ1) is 11.1. The molecular weight excluding hydrogens is 288 g/mol. The molecule has 1 aliphatic rings. The second kappa shape index (κ2) is 6.81. The molecule has 0 aliphatic carbocycles. The maximum absolute atomic E-state index is 5.28. The van der Waals surface area contributed by atoms with Crippen molar-refractivity contribution in [1.82, 2.24) is 19.9 Å². The first-order valence-electron chi connectivity index (χ1n) is 8.26. The Hall–Kier alpha value is -1.72. The van der Waals surface area contributed by atoms with E-state index in [0.29, 0.717) is 12.0 Å². The Labute approximate surface area is 138 Å². The van der Waals surface area contributed by atoms with Crippen molar-refractivity contribution in [3.63, 3.8) is 0 Å². The lowest BCUT2D eigenvalue weighted by Crippen LogP contribution is -2.30. The minimum absolute atomic E-state index is 0.454. The Morgan fingerprint density at radius 3 is 2.87 bits per heavy atom. The van der Waals surface area contributed by atoms with Crippen molar-refractivity contribution in [1.29, 1.82) is 0 Å². The molecule has 3 heterocycles. The van der Waals surface area contributed by atoms with Crippen molar-refractivity contribution < 1.29 is 4.52 Å². The molecule has 23 heavy (non-hydrogen) atoms. The third-order valence-corrected chi connectivity index (χ3v) is 4.96. The Balaban J connectivity index is 1.69. The molecule has 0 bridgehead atoms. The van der Waals surface area contributed by atoms with E-state index < -0.39 is 0 Å². The third kappa shape index (κ3) is 3.46. The van der Waals surface area contributed by atoms with E-state index in [9.17, 15) is 0 Å². The molecule has 124 valence electrons. The Kier molecular flexibility index (Phi) is 4.78. The lowest BCUT2D eigenvalue weighted by molar-refractivity contribution is 0.213. The summed E-state index contributed by atoms with van der Waals surface area (Å²) in [5.74, 6) is 1.55. The van der Waals surface area contributed by atoms with Crippen LogP contribution in [0.15, 0.2) is 29.0 Å². The first kappa shape index (κ1) is 16.1. The quantitative estimate of drug-likeness (QED) is 0.849.